The third-order valence-electron chi connectivity index (χ3n) is 4.34. The van der Waals surface area contributed by atoms with Crippen LogP contribution in [0.2, 0.25) is 13.1 Å². The number of rotatable bonds is 5. The fourth-order valence-electron chi connectivity index (χ4n) is 2.84. The zero-order valence-electron chi connectivity index (χ0n) is 12.4. The summed E-state index contributed by atoms with van der Waals surface area (Å²) < 4.78 is 0. The van der Waals surface area contributed by atoms with Crippen molar-refractivity contribution in [1.82, 2.24) is 5.32 Å². The van der Waals surface area contributed by atoms with Crippen molar-refractivity contribution in [2.45, 2.75) is 38.5 Å². The van der Waals surface area contributed by atoms with Gasteiger partial charge in [0.25, 0.3) is 0 Å². The Bertz CT molecular complexity index is 573. The van der Waals surface area contributed by atoms with Crippen LogP contribution in [0, 0.1) is 0 Å². The van der Waals surface area contributed by atoms with Gasteiger partial charge >= 0.3 is 0 Å². The summed E-state index contributed by atoms with van der Waals surface area (Å²) >= 11 is 0. The summed E-state index contributed by atoms with van der Waals surface area (Å²) in [5, 5.41) is 6.74. The Balaban J connectivity index is 1.91. The van der Waals surface area contributed by atoms with Gasteiger partial charge in [0.2, 0.25) is 0 Å². The lowest BCUT2D eigenvalue weighted by Crippen LogP contribution is -2.54. The van der Waals surface area contributed by atoms with Crippen LogP contribution in [-0.4, -0.2) is 14.1 Å². The SMILES string of the molecule is C[Si](C)(c1ccccc1)c1ccccc1CNC1CC1. The van der Waals surface area contributed by atoms with Crippen molar-refractivity contribution in [3.05, 3.63) is 60.2 Å². The Morgan fingerprint density at radius 2 is 1.60 bits per heavy atom. The number of nitrogens with one attached hydrogen (secondary N) is 1. The minimum absolute atomic E-state index is 0.768. The molecule has 1 nitrogen and oxygen atoms in total. The molecule has 2 aromatic carbocycles. The molecule has 0 radical (unpaired) electrons. The molecular formula is C18H23NSi. The van der Waals surface area contributed by atoms with Crippen molar-refractivity contribution < 1.29 is 0 Å². The molecule has 0 amide bonds. The van der Waals surface area contributed by atoms with E-state index in [9.17, 15) is 0 Å². The lowest BCUT2D eigenvalue weighted by Gasteiger charge is -2.26. The van der Waals surface area contributed by atoms with Gasteiger partial charge in [-0.25, -0.2) is 0 Å². The zero-order valence-corrected chi connectivity index (χ0v) is 13.4. The second-order valence-electron chi connectivity index (χ2n) is 6.30. The first kappa shape index (κ1) is 13.6. The molecule has 0 spiro atoms. The number of benzene rings is 2. The lowest BCUT2D eigenvalue weighted by molar-refractivity contribution is 0.690. The summed E-state index contributed by atoms with van der Waals surface area (Å²) in [7, 11) is -1.59. The summed E-state index contributed by atoms with van der Waals surface area (Å²) in [4.78, 5) is 0. The number of hydrogen-bond acceptors (Lipinski definition) is 1. The van der Waals surface area contributed by atoms with Crippen LogP contribution < -0.4 is 15.7 Å². The summed E-state index contributed by atoms with van der Waals surface area (Å²) in [5.74, 6) is 0. The van der Waals surface area contributed by atoms with E-state index in [0.29, 0.717) is 0 Å². The van der Waals surface area contributed by atoms with E-state index in [2.05, 4.69) is 73.0 Å². The second-order valence-corrected chi connectivity index (χ2v) is 10.7. The van der Waals surface area contributed by atoms with Crippen LogP contribution >= 0.6 is 0 Å². The van der Waals surface area contributed by atoms with E-state index in [1.54, 1.807) is 5.19 Å². The fraction of sp³-hybridized carbons (Fsp3) is 0.333. The molecule has 1 N–H and O–H groups in total. The van der Waals surface area contributed by atoms with Gasteiger partial charge < -0.3 is 5.32 Å². The van der Waals surface area contributed by atoms with Crippen molar-refractivity contribution in [3.8, 4) is 0 Å². The molecule has 0 unspecified atom stereocenters. The highest BCUT2D eigenvalue weighted by Gasteiger charge is 2.28. The Hall–Kier alpha value is -1.38. The van der Waals surface area contributed by atoms with Crippen LogP contribution in [0.3, 0.4) is 0 Å². The maximum atomic E-state index is 3.66. The van der Waals surface area contributed by atoms with Crippen LogP contribution in [0.15, 0.2) is 54.6 Å². The van der Waals surface area contributed by atoms with Gasteiger partial charge in [-0.1, -0.05) is 78.1 Å². The van der Waals surface area contributed by atoms with Crippen LogP contribution in [-0.2, 0) is 6.54 Å². The topological polar surface area (TPSA) is 12.0 Å². The average molecular weight is 281 g/mol. The second kappa shape index (κ2) is 5.55. The summed E-state index contributed by atoms with van der Waals surface area (Å²) in [6.45, 7) is 5.93. The van der Waals surface area contributed by atoms with Gasteiger partial charge in [-0.15, -0.1) is 0 Å². The molecule has 1 fully saturated rings. The summed E-state index contributed by atoms with van der Waals surface area (Å²) in [6.07, 6.45) is 2.70. The third-order valence-corrected chi connectivity index (χ3v) is 7.96. The maximum Gasteiger partial charge on any atom is 0.112 e. The Labute approximate surface area is 123 Å². The molecule has 20 heavy (non-hydrogen) atoms. The van der Waals surface area contributed by atoms with Gasteiger partial charge in [-0.2, -0.15) is 0 Å². The molecule has 0 aromatic heterocycles. The molecule has 0 bridgehead atoms. The third kappa shape index (κ3) is 2.86. The van der Waals surface area contributed by atoms with E-state index in [4.69, 9.17) is 0 Å². The number of hydrogen-bond donors (Lipinski definition) is 1. The lowest BCUT2D eigenvalue weighted by atomic mass is 10.2. The highest BCUT2D eigenvalue weighted by atomic mass is 28.3. The van der Waals surface area contributed by atoms with Gasteiger partial charge in [-0.3, -0.25) is 0 Å². The molecule has 3 rings (SSSR count). The largest absolute Gasteiger partial charge is 0.310 e. The van der Waals surface area contributed by atoms with Gasteiger partial charge in [0, 0.05) is 12.6 Å². The van der Waals surface area contributed by atoms with Crippen LogP contribution in [0.1, 0.15) is 18.4 Å². The molecule has 2 aromatic rings. The molecule has 0 aliphatic heterocycles. The van der Waals surface area contributed by atoms with Crippen molar-refractivity contribution in [3.63, 3.8) is 0 Å². The van der Waals surface area contributed by atoms with Crippen molar-refractivity contribution in [2.24, 2.45) is 0 Å². The van der Waals surface area contributed by atoms with E-state index in [1.165, 1.54) is 23.6 Å². The molecule has 0 saturated heterocycles. The molecule has 0 heterocycles. The zero-order chi connectivity index (χ0) is 14.0. The van der Waals surface area contributed by atoms with Gasteiger partial charge in [-0.05, 0) is 18.4 Å². The smallest absolute Gasteiger partial charge is 0.112 e. The van der Waals surface area contributed by atoms with E-state index >= 15 is 0 Å². The van der Waals surface area contributed by atoms with Crippen LogP contribution in [0.5, 0.6) is 0 Å². The summed E-state index contributed by atoms with van der Waals surface area (Å²) in [6, 6.07) is 20.8. The Kier molecular flexibility index (Phi) is 3.77. The quantitative estimate of drug-likeness (QED) is 0.831. The molecule has 104 valence electrons. The highest BCUT2D eigenvalue weighted by molar-refractivity contribution is 7.00. The monoisotopic (exact) mass is 281 g/mol. The van der Waals surface area contributed by atoms with Gasteiger partial charge in [0.1, 0.15) is 8.07 Å². The Morgan fingerprint density at radius 3 is 2.30 bits per heavy atom. The molecule has 0 atom stereocenters. The highest BCUT2D eigenvalue weighted by Crippen LogP contribution is 2.19. The maximum absolute atomic E-state index is 3.66. The standard InChI is InChI=1S/C18H23NSi/c1-20(2,17-9-4-3-5-10-17)18-11-7-6-8-15(18)14-19-16-12-13-16/h3-11,16,19H,12-14H2,1-2H3. The van der Waals surface area contributed by atoms with Crippen LogP contribution in [0.25, 0.3) is 0 Å². The normalized spacial score (nSPS) is 15.3. The van der Waals surface area contributed by atoms with Crippen molar-refractivity contribution in [2.75, 3.05) is 0 Å². The average Bonchev–Trinajstić information content (AvgIpc) is 3.30. The van der Waals surface area contributed by atoms with E-state index in [1.807, 2.05) is 0 Å². The molecule has 1 saturated carbocycles. The van der Waals surface area contributed by atoms with Crippen LogP contribution in [0.4, 0.5) is 0 Å². The molecule has 2 heteroatoms. The predicted octanol–water partition coefficient (Wildman–Crippen LogP) is 2.76. The minimum Gasteiger partial charge on any atom is -0.310 e. The minimum atomic E-state index is -1.59. The summed E-state index contributed by atoms with van der Waals surface area (Å²) in [5.41, 5.74) is 1.49. The van der Waals surface area contributed by atoms with Crippen molar-refractivity contribution in [1.29, 1.82) is 0 Å². The molecule has 1 aliphatic carbocycles. The Morgan fingerprint density at radius 1 is 0.950 bits per heavy atom. The van der Waals surface area contributed by atoms with E-state index < -0.39 is 8.07 Å². The van der Waals surface area contributed by atoms with E-state index in [-0.39, 0.29) is 0 Å². The first-order chi connectivity index (χ1) is 9.68. The van der Waals surface area contributed by atoms with Gasteiger partial charge in [0.05, 0.1) is 0 Å². The fourth-order valence-corrected chi connectivity index (χ4v) is 5.66. The first-order valence-corrected chi connectivity index (χ1v) is 10.6. The van der Waals surface area contributed by atoms with E-state index in [0.717, 1.165) is 12.6 Å². The van der Waals surface area contributed by atoms with Crippen molar-refractivity contribution >= 4 is 18.4 Å². The molecule has 1 aliphatic rings. The predicted molar refractivity (Wildman–Crippen MR) is 89.5 cm³/mol. The molecular weight excluding hydrogens is 258 g/mol. The van der Waals surface area contributed by atoms with Gasteiger partial charge in [0.15, 0.2) is 0 Å². The first-order valence-electron chi connectivity index (χ1n) is 7.55.